The molecule has 0 fully saturated rings. The summed E-state index contributed by atoms with van der Waals surface area (Å²) in [6, 6.07) is 7.20. The maximum atomic E-state index is 11.8. The number of hydrogen-bond donors (Lipinski definition) is 3. The van der Waals surface area contributed by atoms with Crippen molar-refractivity contribution >= 4 is 27.2 Å². The molecule has 0 saturated carbocycles. The van der Waals surface area contributed by atoms with Gasteiger partial charge in [-0.3, -0.25) is 4.72 Å². The van der Waals surface area contributed by atoms with E-state index in [4.69, 9.17) is 5.73 Å². The molecule has 4 N–H and O–H groups in total. The minimum absolute atomic E-state index is 0.0106. The molecule has 2 rings (SSSR count). The van der Waals surface area contributed by atoms with Gasteiger partial charge in [-0.15, -0.1) is 0 Å². The Kier molecular flexibility index (Phi) is 5.33. The molecule has 2 aromatic heterocycles. The van der Waals surface area contributed by atoms with Crippen LogP contribution in [0.15, 0.2) is 24.4 Å². The number of rotatable bonds is 6. The number of sulfonamides is 1. The van der Waals surface area contributed by atoms with Crippen LogP contribution in [0.5, 0.6) is 0 Å². The maximum Gasteiger partial charge on any atom is 0.234 e. The molecule has 0 spiro atoms. The highest BCUT2D eigenvalue weighted by atomic mass is 32.2. The smallest absolute Gasteiger partial charge is 0.234 e. The Morgan fingerprint density at radius 1 is 1.29 bits per heavy atom. The fourth-order valence-corrected chi connectivity index (χ4v) is 3.02. The topological polar surface area (TPSA) is 134 Å². The number of nitrogens with two attached hydrogens (primary N) is 1. The summed E-state index contributed by atoms with van der Waals surface area (Å²) in [5, 5.41) is 12.2. The third-order valence-corrected chi connectivity index (χ3v) is 4.33. The van der Waals surface area contributed by atoms with E-state index in [-0.39, 0.29) is 23.7 Å². The van der Waals surface area contributed by atoms with Crippen LogP contribution in [0, 0.1) is 25.2 Å². The zero-order valence-electron chi connectivity index (χ0n) is 13.4. The Hall–Kier alpha value is -2.70. The maximum absolute atomic E-state index is 11.8. The predicted molar refractivity (Wildman–Crippen MR) is 92.4 cm³/mol. The van der Waals surface area contributed by atoms with Gasteiger partial charge in [-0.25, -0.2) is 18.4 Å². The lowest BCUT2D eigenvalue weighted by molar-refractivity contribution is 0.601. The second-order valence-electron chi connectivity index (χ2n) is 5.24. The van der Waals surface area contributed by atoms with Gasteiger partial charge in [0, 0.05) is 12.2 Å². The Balaban J connectivity index is 2.34. The molecule has 0 aliphatic carbocycles. The Labute approximate surface area is 140 Å². The van der Waals surface area contributed by atoms with Crippen molar-refractivity contribution in [3.63, 3.8) is 0 Å². The van der Waals surface area contributed by atoms with Gasteiger partial charge in [0.1, 0.15) is 11.9 Å². The van der Waals surface area contributed by atoms with Crippen LogP contribution >= 0.6 is 0 Å². The number of anilines is 3. The minimum atomic E-state index is -3.55. The van der Waals surface area contributed by atoms with E-state index in [9.17, 15) is 13.7 Å². The van der Waals surface area contributed by atoms with Crippen molar-refractivity contribution < 1.29 is 8.42 Å². The summed E-state index contributed by atoms with van der Waals surface area (Å²) in [5.41, 5.74) is 7.85. The van der Waals surface area contributed by atoms with Crippen molar-refractivity contribution in [3.05, 3.63) is 41.3 Å². The molecule has 0 aliphatic heterocycles. The van der Waals surface area contributed by atoms with Crippen LogP contribution in [-0.4, -0.2) is 30.7 Å². The summed E-state index contributed by atoms with van der Waals surface area (Å²) in [6.45, 7) is 3.80. The lowest BCUT2D eigenvalue weighted by Gasteiger charge is -2.11. The molecule has 2 heterocycles. The van der Waals surface area contributed by atoms with Gasteiger partial charge in [0.15, 0.2) is 5.69 Å². The van der Waals surface area contributed by atoms with Crippen LogP contribution in [0.1, 0.15) is 17.0 Å². The van der Waals surface area contributed by atoms with E-state index in [0.717, 1.165) is 11.3 Å². The molecule has 0 radical (unpaired) electrons. The first kappa shape index (κ1) is 17.7. The monoisotopic (exact) mass is 346 g/mol. The molecule has 24 heavy (non-hydrogen) atoms. The van der Waals surface area contributed by atoms with Gasteiger partial charge in [-0.2, -0.15) is 5.26 Å². The van der Waals surface area contributed by atoms with Crippen molar-refractivity contribution in [2.75, 3.05) is 22.3 Å². The van der Waals surface area contributed by atoms with Crippen molar-refractivity contribution in [2.45, 2.75) is 13.8 Å². The molecular weight excluding hydrogens is 328 g/mol. The fraction of sp³-hybridized carbons (Fsp3) is 0.267. The van der Waals surface area contributed by atoms with Crippen LogP contribution in [0.3, 0.4) is 0 Å². The summed E-state index contributed by atoms with van der Waals surface area (Å²) in [7, 11) is -3.55. The van der Waals surface area contributed by atoms with Crippen LogP contribution in [0.4, 0.5) is 17.2 Å². The number of aromatic nitrogens is 2. The molecule has 0 atom stereocenters. The number of nitriles is 1. The lowest BCUT2D eigenvalue weighted by atomic mass is 10.2. The second kappa shape index (κ2) is 7.25. The molecule has 8 nitrogen and oxygen atoms in total. The fourth-order valence-electron chi connectivity index (χ4n) is 2.13. The quantitative estimate of drug-likeness (QED) is 0.720. The standard InChI is InChI=1S/C15H18N6O2S/c1-10-5-11(2)19-15(6-10)20-13-7-12(9-18-14(13)8-17)21-24(22,23)4-3-16/h5-7,9,21H,3-4,16H2,1-2H3,(H,19,20). The highest BCUT2D eigenvalue weighted by Crippen LogP contribution is 2.23. The zero-order chi connectivity index (χ0) is 17.7. The van der Waals surface area contributed by atoms with Crippen LogP contribution < -0.4 is 15.8 Å². The van der Waals surface area contributed by atoms with E-state index >= 15 is 0 Å². The second-order valence-corrected chi connectivity index (χ2v) is 7.08. The summed E-state index contributed by atoms with van der Waals surface area (Å²) < 4.78 is 26.0. The molecule has 2 aromatic rings. The molecule has 9 heteroatoms. The SMILES string of the molecule is Cc1cc(C)nc(Nc2cc(NS(=O)(=O)CCN)cnc2C#N)c1. The zero-order valence-corrected chi connectivity index (χ0v) is 14.2. The van der Waals surface area contributed by atoms with Gasteiger partial charge in [-0.05, 0) is 37.6 Å². The summed E-state index contributed by atoms with van der Waals surface area (Å²) >= 11 is 0. The van der Waals surface area contributed by atoms with E-state index in [1.807, 2.05) is 32.0 Å². The lowest BCUT2D eigenvalue weighted by Crippen LogP contribution is -2.22. The summed E-state index contributed by atoms with van der Waals surface area (Å²) in [5.74, 6) is 0.349. The minimum Gasteiger partial charge on any atom is -0.338 e. The highest BCUT2D eigenvalue weighted by molar-refractivity contribution is 7.92. The van der Waals surface area contributed by atoms with E-state index in [0.29, 0.717) is 11.5 Å². The number of aryl methyl sites for hydroxylation is 2. The molecule has 0 amide bonds. The van der Waals surface area contributed by atoms with Crippen molar-refractivity contribution in [1.82, 2.24) is 9.97 Å². The third-order valence-electron chi connectivity index (χ3n) is 3.01. The molecular formula is C15H18N6O2S. The van der Waals surface area contributed by atoms with Gasteiger partial charge < -0.3 is 11.1 Å². The van der Waals surface area contributed by atoms with Crippen molar-refractivity contribution in [2.24, 2.45) is 5.73 Å². The Bertz CT molecular complexity index is 869. The first-order chi connectivity index (χ1) is 11.3. The predicted octanol–water partition coefficient (Wildman–Crippen LogP) is 1.41. The first-order valence-electron chi connectivity index (χ1n) is 7.16. The summed E-state index contributed by atoms with van der Waals surface area (Å²) in [4.78, 5) is 8.31. The molecule has 126 valence electrons. The van der Waals surface area contributed by atoms with E-state index in [1.165, 1.54) is 12.3 Å². The van der Waals surface area contributed by atoms with Gasteiger partial charge in [-0.1, -0.05) is 0 Å². The number of pyridine rings is 2. The number of nitrogens with one attached hydrogen (secondary N) is 2. The average Bonchev–Trinajstić information content (AvgIpc) is 2.45. The van der Waals surface area contributed by atoms with E-state index in [1.54, 1.807) is 0 Å². The van der Waals surface area contributed by atoms with E-state index < -0.39 is 10.0 Å². The van der Waals surface area contributed by atoms with Gasteiger partial charge in [0.2, 0.25) is 10.0 Å². The van der Waals surface area contributed by atoms with E-state index in [2.05, 4.69) is 20.0 Å². The summed E-state index contributed by atoms with van der Waals surface area (Å²) in [6.07, 6.45) is 1.28. The highest BCUT2D eigenvalue weighted by Gasteiger charge is 2.12. The average molecular weight is 346 g/mol. The van der Waals surface area contributed by atoms with Crippen molar-refractivity contribution in [1.29, 1.82) is 5.26 Å². The molecule has 0 unspecified atom stereocenters. The van der Waals surface area contributed by atoms with Gasteiger partial charge in [0.05, 0.1) is 23.3 Å². The normalized spacial score (nSPS) is 10.9. The Morgan fingerprint density at radius 3 is 2.67 bits per heavy atom. The molecule has 0 aromatic carbocycles. The van der Waals surface area contributed by atoms with Crippen LogP contribution in [0.25, 0.3) is 0 Å². The third kappa shape index (κ3) is 4.65. The number of hydrogen-bond acceptors (Lipinski definition) is 7. The molecule has 0 bridgehead atoms. The molecule has 0 saturated heterocycles. The van der Waals surface area contributed by atoms with Crippen molar-refractivity contribution in [3.8, 4) is 6.07 Å². The first-order valence-corrected chi connectivity index (χ1v) is 8.81. The molecule has 0 aliphatic rings. The number of nitrogens with zero attached hydrogens (tertiary/aromatic N) is 3. The largest absolute Gasteiger partial charge is 0.338 e. The van der Waals surface area contributed by atoms with Gasteiger partial charge in [0.25, 0.3) is 0 Å². The Morgan fingerprint density at radius 2 is 2.04 bits per heavy atom. The van der Waals surface area contributed by atoms with Crippen LogP contribution in [-0.2, 0) is 10.0 Å². The van der Waals surface area contributed by atoms with Gasteiger partial charge >= 0.3 is 0 Å². The van der Waals surface area contributed by atoms with Crippen LogP contribution in [0.2, 0.25) is 0 Å².